The monoisotopic (exact) mass is 244 g/mol. The average Bonchev–Trinajstić information content (AvgIpc) is 2.76. The molecule has 5 heteroatoms. The largest absolute Gasteiger partial charge is 0.398 e. The van der Waals surface area contributed by atoms with Crippen LogP contribution in [-0.2, 0) is 7.05 Å². The molecule has 0 radical (unpaired) electrons. The van der Waals surface area contributed by atoms with Crippen LogP contribution in [0, 0.1) is 13.8 Å². The van der Waals surface area contributed by atoms with Gasteiger partial charge < -0.3 is 11.1 Å². The lowest BCUT2D eigenvalue weighted by molar-refractivity contribution is 0.102. The van der Waals surface area contributed by atoms with E-state index in [-0.39, 0.29) is 5.91 Å². The number of carbonyl (C=O) groups is 1. The first-order valence-electron chi connectivity index (χ1n) is 5.65. The molecule has 1 amide bonds. The summed E-state index contributed by atoms with van der Waals surface area (Å²) < 4.78 is 1.59. The Morgan fingerprint density at radius 2 is 2.06 bits per heavy atom. The number of hydrogen-bond acceptors (Lipinski definition) is 3. The van der Waals surface area contributed by atoms with Gasteiger partial charge in [0.25, 0.3) is 5.91 Å². The Bertz CT molecular complexity index is 601. The number of amides is 1. The summed E-state index contributed by atoms with van der Waals surface area (Å²) in [6, 6.07) is 5.39. The molecule has 0 aliphatic heterocycles. The Hall–Kier alpha value is -2.30. The van der Waals surface area contributed by atoms with Gasteiger partial charge in [-0.25, -0.2) is 0 Å². The van der Waals surface area contributed by atoms with Gasteiger partial charge >= 0.3 is 0 Å². The fraction of sp³-hybridized carbons (Fsp3) is 0.231. The van der Waals surface area contributed by atoms with Gasteiger partial charge in [0.05, 0.1) is 0 Å². The molecule has 1 heterocycles. The van der Waals surface area contributed by atoms with Crippen LogP contribution in [0.4, 0.5) is 11.4 Å². The van der Waals surface area contributed by atoms with E-state index in [4.69, 9.17) is 5.73 Å². The molecule has 0 saturated heterocycles. The summed E-state index contributed by atoms with van der Waals surface area (Å²) in [5.41, 5.74) is 9.50. The lowest BCUT2D eigenvalue weighted by Gasteiger charge is -2.12. The average molecular weight is 244 g/mol. The molecular weight excluding hydrogens is 228 g/mol. The van der Waals surface area contributed by atoms with Gasteiger partial charge in [-0.05, 0) is 37.1 Å². The molecule has 0 spiro atoms. The zero-order valence-corrected chi connectivity index (χ0v) is 10.7. The molecule has 18 heavy (non-hydrogen) atoms. The highest BCUT2D eigenvalue weighted by molar-refractivity contribution is 6.04. The van der Waals surface area contributed by atoms with Crippen molar-refractivity contribution in [2.45, 2.75) is 13.8 Å². The Kier molecular flexibility index (Phi) is 3.06. The first-order chi connectivity index (χ1) is 8.49. The van der Waals surface area contributed by atoms with Crippen molar-refractivity contribution < 1.29 is 4.79 Å². The number of nitrogens with two attached hydrogens (primary N) is 1. The summed E-state index contributed by atoms with van der Waals surface area (Å²) in [6.45, 7) is 3.82. The third kappa shape index (κ3) is 2.20. The maximum absolute atomic E-state index is 12.0. The van der Waals surface area contributed by atoms with E-state index in [1.165, 1.54) is 0 Å². The summed E-state index contributed by atoms with van der Waals surface area (Å²) in [5.74, 6) is -0.229. The van der Waals surface area contributed by atoms with E-state index in [1.54, 1.807) is 24.0 Å². The molecule has 3 N–H and O–H groups in total. The van der Waals surface area contributed by atoms with Crippen molar-refractivity contribution in [2.24, 2.45) is 7.05 Å². The van der Waals surface area contributed by atoms with E-state index < -0.39 is 0 Å². The topological polar surface area (TPSA) is 72.9 Å². The number of benzene rings is 1. The zero-order chi connectivity index (χ0) is 13.3. The van der Waals surface area contributed by atoms with Crippen LogP contribution in [0.15, 0.2) is 24.4 Å². The summed E-state index contributed by atoms with van der Waals surface area (Å²) in [7, 11) is 1.77. The van der Waals surface area contributed by atoms with Crippen molar-refractivity contribution in [3.63, 3.8) is 0 Å². The van der Waals surface area contributed by atoms with Gasteiger partial charge in [-0.3, -0.25) is 9.48 Å². The van der Waals surface area contributed by atoms with Crippen molar-refractivity contribution in [3.05, 3.63) is 41.2 Å². The van der Waals surface area contributed by atoms with Crippen molar-refractivity contribution in [3.8, 4) is 0 Å². The minimum Gasteiger partial charge on any atom is -0.398 e. The number of rotatable bonds is 2. The van der Waals surface area contributed by atoms with Crippen molar-refractivity contribution in [1.82, 2.24) is 9.78 Å². The van der Waals surface area contributed by atoms with E-state index >= 15 is 0 Å². The predicted octanol–water partition coefficient (Wildman–Crippen LogP) is 1.87. The Balaban J connectivity index is 2.30. The number of anilines is 2. The van der Waals surface area contributed by atoms with Gasteiger partial charge in [0, 0.05) is 24.6 Å². The molecule has 5 nitrogen and oxygen atoms in total. The van der Waals surface area contributed by atoms with Crippen LogP contribution >= 0.6 is 0 Å². The molecule has 2 rings (SSSR count). The van der Waals surface area contributed by atoms with E-state index in [9.17, 15) is 4.79 Å². The lowest BCUT2D eigenvalue weighted by atomic mass is 10.1. The lowest BCUT2D eigenvalue weighted by Crippen LogP contribution is -2.15. The van der Waals surface area contributed by atoms with Crippen molar-refractivity contribution >= 4 is 17.3 Å². The third-order valence-corrected chi connectivity index (χ3v) is 2.90. The highest BCUT2D eigenvalue weighted by Gasteiger charge is 2.13. The van der Waals surface area contributed by atoms with Crippen LogP contribution in [0.25, 0.3) is 0 Å². The molecule has 0 aliphatic rings. The van der Waals surface area contributed by atoms with Crippen LogP contribution in [0.1, 0.15) is 21.6 Å². The molecule has 0 bridgehead atoms. The minimum atomic E-state index is -0.229. The molecule has 1 aromatic heterocycles. The molecule has 0 fully saturated rings. The summed E-state index contributed by atoms with van der Waals surface area (Å²) in [4.78, 5) is 12.0. The predicted molar refractivity (Wildman–Crippen MR) is 71.5 cm³/mol. The molecule has 0 atom stereocenters. The van der Waals surface area contributed by atoms with Gasteiger partial charge in [0.1, 0.15) is 0 Å². The Labute approximate surface area is 106 Å². The minimum absolute atomic E-state index is 0.229. The van der Waals surface area contributed by atoms with Crippen LogP contribution in [-0.4, -0.2) is 15.7 Å². The van der Waals surface area contributed by atoms with Crippen LogP contribution < -0.4 is 11.1 Å². The second kappa shape index (κ2) is 4.52. The van der Waals surface area contributed by atoms with E-state index in [2.05, 4.69) is 10.4 Å². The fourth-order valence-electron chi connectivity index (χ4n) is 1.77. The quantitative estimate of drug-likeness (QED) is 0.792. The SMILES string of the molecule is Cc1ccc(N)c(C)c1NC(=O)c1ccn(C)n1. The number of nitrogens with one attached hydrogen (secondary N) is 1. The highest BCUT2D eigenvalue weighted by Crippen LogP contribution is 2.25. The Morgan fingerprint density at radius 1 is 1.33 bits per heavy atom. The maximum Gasteiger partial charge on any atom is 0.276 e. The number of hydrogen-bond donors (Lipinski definition) is 2. The number of aryl methyl sites for hydroxylation is 2. The summed E-state index contributed by atoms with van der Waals surface area (Å²) >= 11 is 0. The van der Waals surface area contributed by atoms with E-state index in [1.807, 2.05) is 26.0 Å². The van der Waals surface area contributed by atoms with Gasteiger partial charge in [0.15, 0.2) is 5.69 Å². The van der Waals surface area contributed by atoms with Crippen LogP contribution in [0.2, 0.25) is 0 Å². The number of nitrogen functional groups attached to an aromatic ring is 1. The standard InChI is InChI=1S/C13H16N4O/c1-8-4-5-10(14)9(2)12(8)15-13(18)11-6-7-17(3)16-11/h4-7H,14H2,1-3H3,(H,15,18). The van der Waals surface area contributed by atoms with Gasteiger partial charge in [0.2, 0.25) is 0 Å². The zero-order valence-electron chi connectivity index (χ0n) is 10.7. The smallest absolute Gasteiger partial charge is 0.276 e. The summed E-state index contributed by atoms with van der Waals surface area (Å²) in [6.07, 6.45) is 1.73. The fourth-order valence-corrected chi connectivity index (χ4v) is 1.77. The van der Waals surface area contributed by atoms with E-state index in [0.29, 0.717) is 11.4 Å². The molecule has 94 valence electrons. The number of nitrogens with zero attached hydrogens (tertiary/aromatic N) is 2. The third-order valence-electron chi connectivity index (χ3n) is 2.90. The first kappa shape index (κ1) is 12.2. The van der Waals surface area contributed by atoms with Gasteiger partial charge in [-0.2, -0.15) is 5.10 Å². The van der Waals surface area contributed by atoms with E-state index in [0.717, 1.165) is 16.8 Å². The maximum atomic E-state index is 12.0. The first-order valence-corrected chi connectivity index (χ1v) is 5.65. The molecule has 1 aromatic carbocycles. The number of carbonyl (C=O) groups excluding carboxylic acids is 1. The molecule has 0 aliphatic carbocycles. The molecule has 2 aromatic rings. The van der Waals surface area contributed by atoms with Gasteiger partial charge in [-0.1, -0.05) is 6.07 Å². The van der Waals surface area contributed by atoms with Gasteiger partial charge in [-0.15, -0.1) is 0 Å². The van der Waals surface area contributed by atoms with Crippen molar-refractivity contribution in [2.75, 3.05) is 11.1 Å². The molecular formula is C13H16N4O. The highest BCUT2D eigenvalue weighted by atomic mass is 16.1. The number of aromatic nitrogens is 2. The second-order valence-electron chi connectivity index (χ2n) is 4.30. The second-order valence-corrected chi connectivity index (χ2v) is 4.30. The normalized spacial score (nSPS) is 10.4. The van der Waals surface area contributed by atoms with Crippen LogP contribution in [0.5, 0.6) is 0 Å². The molecule has 0 saturated carbocycles. The Morgan fingerprint density at radius 3 is 2.67 bits per heavy atom. The summed E-state index contributed by atoms with van der Waals surface area (Å²) in [5, 5.41) is 6.92. The van der Waals surface area contributed by atoms with Crippen molar-refractivity contribution in [1.29, 1.82) is 0 Å². The molecule has 0 unspecified atom stereocenters. The van der Waals surface area contributed by atoms with Crippen LogP contribution in [0.3, 0.4) is 0 Å².